The van der Waals surface area contributed by atoms with Gasteiger partial charge in [0.05, 0.1) is 25.5 Å². The predicted molar refractivity (Wildman–Crippen MR) is 150 cm³/mol. The number of nitrogens with zero attached hydrogens (tertiary/aromatic N) is 2. The third kappa shape index (κ3) is 5.50. The second-order valence-electron chi connectivity index (χ2n) is 9.77. The molecule has 0 saturated heterocycles. The fraction of sp³-hybridized carbons (Fsp3) is 0.258. The van der Waals surface area contributed by atoms with Crippen molar-refractivity contribution in [2.75, 3.05) is 19.5 Å². The summed E-state index contributed by atoms with van der Waals surface area (Å²) in [5, 5.41) is 7.95. The first-order valence-corrected chi connectivity index (χ1v) is 12.8. The Balaban J connectivity index is 1.72. The van der Waals surface area contributed by atoms with Crippen LogP contribution >= 0.6 is 0 Å². The second kappa shape index (κ2) is 10.6. The molecule has 1 saturated carbocycles. The molecule has 4 aromatic rings. The topological polar surface area (TPSA) is 91.7 Å². The largest absolute Gasteiger partial charge is 0.497 e. The van der Waals surface area contributed by atoms with E-state index in [4.69, 9.17) is 19.3 Å². The highest BCUT2D eigenvalue weighted by Crippen LogP contribution is 2.43. The third-order valence-electron chi connectivity index (χ3n) is 6.68. The van der Waals surface area contributed by atoms with Crippen molar-refractivity contribution in [3.63, 3.8) is 0 Å². The molecule has 0 spiro atoms. The molecule has 0 aliphatic heterocycles. The highest BCUT2D eigenvalue weighted by molar-refractivity contribution is 5.95. The van der Waals surface area contributed by atoms with Crippen molar-refractivity contribution >= 4 is 17.6 Å². The molecule has 1 heterocycles. The van der Waals surface area contributed by atoms with E-state index in [1.807, 2.05) is 62.4 Å². The molecule has 1 N–H and O–H groups in total. The smallest absolute Gasteiger partial charge is 0.309 e. The summed E-state index contributed by atoms with van der Waals surface area (Å²) in [6.45, 7) is 5.39. The van der Waals surface area contributed by atoms with Gasteiger partial charge in [0, 0.05) is 30.2 Å². The van der Waals surface area contributed by atoms with Gasteiger partial charge in [0.15, 0.2) is 0 Å². The highest BCUT2D eigenvalue weighted by Gasteiger charge is 2.30. The molecule has 39 heavy (non-hydrogen) atoms. The molecule has 8 nitrogen and oxygen atoms in total. The number of ether oxygens (including phenoxy) is 3. The van der Waals surface area contributed by atoms with E-state index in [2.05, 4.69) is 11.4 Å². The number of benzene rings is 3. The van der Waals surface area contributed by atoms with Gasteiger partial charge < -0.3 is 19.5 Å². The Hall–Kier alpha value is -4.59. The van der Waals surface area contributed by atoms with E-state index in [0.717, 1.165) is 40.8 Å². The molecule has 0 bridgehead atoms. The summed E-state index contributed by atoms with van der Waals surface area (Å²) in [4.78, 5) is 24.6. The summed E-state index contributed by atoms with van der Waals surface area (Å²) in [6, 6.07) is 19.0. The summed E-state index contributed by atoms with van der Waals surface area (Å²) in [5.41, 5.74) is 6.28. The standard InChI is InChI=1S/C31H31N3O5/c1-18-6-13-27(19(2)14-18)34-31(39-20(3)35)28(21-9-11-24(12-10-21)32-30(36)22-7-8-22)29(33-34)23-15-25(37-4)17-26(16-23)38-5/h6,9-17,22H,7-8H2,1-5H3,(H,32,36). The molecule has 5 rings (SSSR count). The first-order chi connectivity index (χ1) is 18.8. The molecule has 3 aromatic carbocycles. The maximum Gasteiger partial charge on any atom is 0.309 e. The zero-order chi connectivity index (χ0) is 27.7. The van der Waals surface area contributed by atoms with Gasteiger partial charge in [0.2, 0.25) is 11.8 Å². The van der Waals surface area contributed by atoms with Crippen LogP contribution in [0.4, 0.5) is 5.69 Å². The summed E-state index contributed by atoms with van der Waals surface area (Å²) >= 11 is 0. The summed E-state index contributed by atoms with van der Waals surface area (Å²) in [7, 11) is 3.18. The van der Waals surface area contributed by atoms with Crippen LogP contribution in [0.3, 0.4) is 0 Å². The van der Waals surface area contributed by atoms with Crippen molar-refractivity contribution in [1.29, 1.82) is 0 Å². The van der Waals surface area contributed by atoms with Crippen LogP contribution in [0.15, 0.2) is 60.7 Å². The fourth-order valence-electron chi connectivity index (χ4n) is 4.56. The number of carbonyl (C=O) groups is 2. The van der Waals surface area contributed by atoms with E-state index in [9.17, 15) is 9.59 Å². The highest BCUT2D eigenvalue weighted by atomic mass is 16.5. The number of anilines is 1. The van der Waals surface area contributed by atoms with Gasteiger partial charge in [-0.25, -0.2) is 0 Å². The Morgan fingerprint density at radius 2 is 1.56 bits per heavy atom. The van der Waals surface area contributed by atoms with Gasteiger partial charge in [-0.2, -0.15) is 9.78 Å². The van der Waals surface area contributed by atoms with E-state index >= 15 is 0 Å². The molecule has 0 unspecified atom stereocenters. The lowest BCUT2D eigenvalue weighted by molar-refractivity contribution is -0.132. The first kappa shape index (κ1) is 26.0. The Morgan fingerprint density at radius 3 is 2.13 bits per heavy atom. The normalized spacial score (nSPS) is 12.6. The quantitative estimate of drug-likeness (QED) is 0.279. The van der Waals surface area contributed by atoms with Crippen LogP contribution in [0.5, 0.6) is 17.4 Å². The molecule has 8 heteroatoms. The van der Waals surface area contributed by atoms with Gasteiger partial charge in [-0.3, -0.25) is 9.59 Å². The van der Waals surface area contributed by atoms with Crippen molar-refractivity contribution in [3.8, 4) is 45.5 Å². The van der Waals surface area contributed by atoms with Gasteiger partial charge >= 0.3 is 5.97 Å². The number of rotatable bonds is 8. The minimum absolute atomic E-state index is 0.0372. The molecule has 200 valence electrons. The lowest BCUT2D eigenvalue weighted by Crippen LogP contribution is -2.13. The van der Waals surface area contributed by atoms with Gasteiger partial charge in [-0.15, -0.1) is 0 Å². The summed E-state index contributed by atoms with van der Waals surface area (Å²) < 4.78 is 18.6. The molecule has 0 radical (unpaired) electrons. The van der Waals surface area contributed by atoms with Crippen LogP contribution in [0, 0.1) is 19.8 Å². The van der Waals surface area contributed by atoms with Gasteiger partial charge in [0.25, 0.3) is 0 Å². The Bertz CT molecular complexity index is 1530. The molecule has 1 aliphatic rings. The van der Waals surface area contributed by atoms with Crippen molar-refractivity contribution in [3.05, 3.63) is 71.8 Å². The lowest BCUT2D eigenvalue weighted by Gasteiger charge is -2.12. The van der Waals surface area contributed by atoms with E-state index < -0.39 is 5.97 Å². The number of aryl methyl sites for hydroxylation is 2. The number of carbonyl (C=O) groups excluding carboxylic acids is 2. The second-order valence-corrected chi connectivity index (χ2v) is 9.77. The zero-order valence-corrected chi connectivity index (χ0v) is 22.7. The Morgan fingerprint density at radius 1 is 0.897 bits per heavy atom. The van der Waals surface area contributed by atoms with Gasteiger partial charge in [-0.1, -0.05) is 29.8 Å². The first-order valence-electron chi connectivity index (χ1n) is 12.8. The Kier molecular flexibility index (Phi) is 7.11. The number of esters is 1. The van der Waals surface area contributed by atoms with Crippen molar-refractivity contribution in [2.45, 2.75) is 33.6 Å². The fourth-order valence-corrected chi connectivity index (χ4v) is 4.56. The van der Waals surface area contributed by atoms with Crippen LogP contribution in [0.2, 0.25) is 0 Å². The van der Waals surface area contributed by atoms with Crippen molar-refractivity contribution in [2.24, 2.45) is 5.92 Å². The number of hydrogen-bond acceptors (Lipinski definition) is 6. The van der Waals surface area contributed by atoms with Crippen LogP contribution in [0.25, 0.3) is 28.1 Å². The lowest BCUT2D eigenvalue weighted by atomic mass is 10.0. The van der Waals surface area contributed by atoms with E-state index in [1.54, 1.807) is 25.0 Å². The number of hydrogen-bond donors (Lipinski definition) is 1. The third-order valence-corrected chi connectivity index (χ3v) is 6.68. The van der Waals surface area contributed by atoms with Crippen molar-refractivity contribution < 1.29 is 23.8 Å². The predicted octanol–water partition coefficient (Wildman–Crippen LogP) is 6.11. The molecule has 1 aliphatic carbocycles. The maximum absolute atomic E-state index is 12.4. The number of amides is 1. The van der Waals surface area contributed by atoms with Gasteiger partial charge in [0.1, 0.15) is 17.2 Å². The minimum Gasteiger partial charge on any atom is -0.497 e. The van der Waals surface area contributed by atoms with Crippen LogP contribution in [0.1, 0.15) is 30.9 Å². The average Bonchev–Trinajstić information content (AvgIpc) is 3.71. The summed E-state index contributed by atoms with van der Waals surface area (Å²) in [6.07, 6.45) is 1.86. The molecule has 1 fully saturated rings. The monoisotopic (exact) mass is 525 g/mol. The van der Waals surface area contributed by atoms with E-state index in [0.29, 0.717) is 34.3 Å². The van der Waals surface area contributed by atoms with Crippen LogP contribution < -0.4 is 19.5 Å². The Labute approximate surface area is 227 Å². The number of nitrogens with one attached hydrogen (secondary N) is 1. The molecular weight excluding hydrogens is 494 g/mol. The van der Waals surface area contributed by atoms with Gasteiger partial charge in [-0.05, 0) is 68.1 Å². The van der Waals surface area contributed by atoms with Crippen LogP contribution in [-0.4, -0.2) is 35.9 Å². The molecule has 1 aromatic heterocycles. The van der Waals surface area contributed by atoms with Crippen LogP contribution in [-0.2, 0) is 9.59 Å². The maximum atomic E-state index is 12.4. The SMILES string of the molecule is COc1cc(OC)cc(-c2nn(-c3ccc(C)cc3C)c(OC(C)=O)c2-c2ccc(NC(=O)C3CC3)cc2)c1. The molecule has 0 atom stereocenters. The van der Waals surface area contributed by atoms with E-state index in [-0.39, 0.29) is 11.8 Å². The van der Waals surface area contributed by atoms with E-state index in [1.165, 1.54) is 6.92 Å². The molecular formula is C31H31N3O5. The minimum atomic E-state index is -0.467. The van der Waals surface area contributed by atoms with Crippen molar-refractivity contribution in [1.82, 2.24) is 9.78 Å². The molecule has 1 amide bonds. The average molecular weight is 526 g/mol. The summed E-state index contributed by atoms with van der Waals surface area (Å²) in [5.74, 6) is 1.17. The number of aromatic nitrogens is 2. The number of methoxy groups -OCH3 is 2. The zero-order valence-electron chi connectivity index (χ0n) is 22.7.